The maximum atomic E-state index is 12.4. The van der Waals surface area contributed by atoms with Gasteiger partial charge in [-0.2, -0.15) is 0 Å². The van der Waals surface area contributed by atoms with Gasteiger partial charge in [-0.05, 0) is 37.0 Å². The van der Waals surface area contributed by atoms with Gasteiger partial charge in [0.1, 0.15) is 0 Å². The first-order chi connectivity index (χ1) is 12.8. The van der Waals surface area contributed by atoms with Gasteiger partial charge in [0, 0.05) is 35.4 Å². The lowest BCUT2D eigenvalue weighted by molar-refractivity contribution is -0.121. The number of aryl methyl sites for hydroxylation is 1. The molecule has 5 heteroatoms. The van der Waals surface area contributed by atoms with E-state index in [-0.39, 0.29) is 11.9 Å². The lowest BCUT2D eigenvalue weighted by Gasteiger charge is -2.25. The third kappa shape index (κ3) is 3.61. The molecule has 0 spiro atoms. The van der Waals surface area contributed by atoms with Gasteiger partial charge in [0.2, 0.25) is 5.91 Å². The summed E-state index contributed by atoms with van der Waals surface area (Å²) in [5, 5.41) is 3.15. The molecule has 4 rings (SSSR count). The Morgan fingerprint density at radius 2 is 2.00 bits per heavy atom. The zero-order chi connectivity index (χ0) is 17.8. The second-order valence-electron chi connectivity index (χ2n) is 6.51. The van der Waals surface area contributed by atoms with Crippen LogP contribution in [0, 0.1) is 0 Å². The van der Waals surface area contributed by atoms with Crippen LogP contribution < -0.4 is 5.32 Å². The molecule has 130 valence electrons. The van der Waals surface area contributed by atoms with Gasteiger partial charge in [0.05, 0.1) is 12.5 Å². The van der Waals surface area contributed by atoms with E-state index in [1.165, 1.54) is 0 Å². The number of carbonyl (C=O) groups is 1. The standard InChI is InChI=1S/C21H20N4O/c26-20(12-15-6-2-1-3-7-15)24-18-9-4-10-19-17(18)14-23-21(25-19)16-8-5-11-22-13-16/h1-3,5-8,11,13-14,18H,4,9-10,12H2,(H,24,26)/t18-/m0/s1. The monoisotopic (exact) mass is 344 g/mol. The minimum atomic E-state index is -0.0158. The fourth-order valence-corrected chi connectivity index (χ4v) is 3.36. The van der Waals surface area contributed by atoms with Crippen molar-refractivity contribution >= 4 is 5.91 Å². The molecule has 0 fully saturated rings. The highest BCUT2D eigenvalue weighted by Crippen LogP contribution is 2.29. The Labute approximate surface area is 152 Å². The number of pyridine rings is 1. The van der Waals surface area contributed by atoms with E-state index in [0.29, 0.717) is 12.2 Å². The molecule has 1 N–H and O–H groups in total. The fraction of sp³-hybridized carbons (Fsp3) is 0.238. The number of aromatic nitrogens is 3. The van der Waals surface area contributed by atoms with Crippen LogP contribution in [-0.2, 0) is 17.6 Å². The van der Waals surface area contributed by atoms with Crippen molar-refractivity contribution in [3.05, 3.63) is 77.9 Å². The lowest BCUT2D eigenvalue weighted by atomic mass is 9.92. The van der Waals surface area contributed by atoms with Crippen LogP contribution in [0.2, 0.25) is 0 Å². The highest BCUT2D eigenvalue weighted by molar-refractivity contribution is 5.79. The Hall–Kier alpha value is -3.08. The minimum absolute atomic E-state index is 0.0158. The molecule has 0 saturated carbocycles. The molecule has 0 unspecified atom stereocenters. The van der Waals surface area contributed by atoms with E-state index in [0.717, 1.165) is 41.6 Å². The second-order valence-corrected chi connectivity index (χ2v) is 6.51. The summed E-state index contributed by atoms with van der Waals surface area (Å²) in [7, 11) is 0. The predicted molar refractivity (Wildman–Crippen MR) is 99.2 cm³/mol. The maximum absolute atomic E-state index is 12.4. The summed E-state index contributed by atoms with van der Waals surface area (Å²) in [5.74, 6) is 0.721. The van der Waals surface area contributed by atoms with E-state index >= 15 is 0 Å². The van der Waals surface area contributed by atoms with Gasteiger partial charge in [-0.15, -0.1) is 0 Å². The van der Waals surface area contributed by atoms with Gasteiger partial charge in [0.15, 0.2) is 5.82 Å². The van der Waals surface area contributed by atoms with Crippen LogP contribution in [0.4, 0.5) is 0 Å². The molecule has 1 atom stereocenters. The van der Waals surface area contributed by atoms with E-state index < -0.39 is 0 Å². The number of carbonyl (C=O) groups excluding carboxylic acids is 1. The topological polar surface area (TPSA) is 67.8 Å². The number of amides is 1. The highest BCUT2D eigenvalue weighted by atomic mass is 16.1. The number of fused-ring (bicyclic) bond motifs is 1. The molecule has 26 heavy (non-hydrogen) atoms. The summed E-state index contributed by atoms with van der Waals surface area (Å²) < 4.78 is 0. The van der Waals surface area contributed by atoms with Crippen molar-refractivity contribution in [2.75, 3.05) is 0 Å². The van der Waals surface area contributed by atoms with Crippen molar-refractivity contribution < 1.29 is 4.79 Å². The summed E-state index contributed by atoms with van der Waals surface area (Å²) in [5.41, 5.74) is 3.98. The van der Waals surface area contributed by atoms with Crippen molar-refractivity contribution in [3.8, 4) is 11.4 Å². The zero-order valence-corrected chi connectivity index (χ0v) is 14.4. The summed E-state index contributed by atoms with van der Waals surface area (Å²) in [6, 6.07) is 13.6. The number of hydrogen-bond donors (Lipinski definition) is 1. The largest absolute Gasteiger partial charge is 0.349 e. The molecule has 0 saturated heterocycles. The van der Waals surface area contributed by atoms with Crippen LogP contribution in [0.25, 0.3) is 11.4 Å². The van der Waals surface area contributed by atoms with Crippen LogP contribution in [0.1, 0.15) is 35.7 Å². The average Bonchev–Trinajstić information content (AvgIpc) is 2.69. The summed E-state index contributed by atoms with van der Waals surface area (Å²) in [6.07, 6.45) is 8.59. The predicted octanol–water partition coefficient (Wildman–Crippen LogP) is 3.27. The third-order valence-corrected chi connectivity index (χ3v) is 4.64. The summed E-state index contributed by atoms with van der Waals surface area (Å²) in [6.45, 7) is 0. The SMILES string of the molecule is O=C(Cc1ccccc1)N[C@H]1CCCc2nc(-c3cccnc3)ncc21. The van der Waals surface area contributed by atoms with Crippen molar-refractivity contribution in [2.24, 2.45) is 0 Å². The number of benzene rings is 1. The van der Waals surface area contributed by atoms with E-state index in [2.05, 4.69) is 15.3 Å². The van der Waals surface area contributed by atoms with Crippen molar-refractivity contribution in [1.82, 2.24) is 20.3 Å². The van der Waals surface area contributed by atoms with Crippen molar-refractivity contribution in [3.63, 3.8) is 0 Å². The average molecular weight is 344 g/mol. The molecule has 0 bridgehead atoms. The van der Waals surface area contributed by atoms with Gasteiger partial charge >= 0.3 is 0 Å². The molecule has 1 amide bonds. The Bertz CT molecular complexity index is 896. The smallest absolute Gasteiger partial charge is 0.224 e. The molecule has 0 radical (unpaired) electrons. The number of hydrogen-bond acceptors (Lipinski definition) is 4. The van der Waals surface area contributed by atoms with Gasteiger partial charge in [-0.3, -0.25) is 9.78 Å². The summed E-state index contributed by atoms with van der Waals surface area (Å²) in [4.78, 5) is 25.8. The number of nitrogens with one attached hydrogen (secondary N) is 1. The van der Waals surface area contributed by atoms with Crippen LogP contribution >= 0.6 is 0 Å². The molecule has 2 aromatic heterocycles. The quantitative estimate of drug-likeness (QED) is 0.789. The number of nitrogens with zero attached hydrogens (tertiary/aromatic N) is 3. The molecule has 1 aliphatic carbocycles. The van der Waals surface area contributed by atoms with Crippen LogP contribution in [0.3, 0.4) is 0 Å². The Morgan fingerprint density at radius 3 is 2.81 bits per heavy atom. The van der Waals surface area contributed by atoms with Gasteiger partial charge in [0.25, 0.3) is 0 Å². The van der Waals surface area contributed by atoms with E-state index in [9.17, 15) is 4.79 Å². The van der Waals surface area contributed by atoms with Crippen LogP contribution in [-0.4, -0.2) is 20.9 Å². The van der Waals surface area contributed by atoms with Crippen molar-refractivity contribution in [1.29, 1.82) is 0 Å². The first-order valence-electron chi connectivity index (χ1n) is 8.89. The first kappa shape index (κ1) is 16.4. The zero-order valence-electron chi connectivity index (χ0n) is 14.4. The minimum Gasteiger partial charge on any atom is -0.349 e. The van der Waals surface area contributed by atoms with Crippen LogP contribution in [0.15, 0.2) is 61.1 Å². The fourth-order valence-electron chi connectivity index (χ4n) is 3.36. The molecular formula is C21H20N4O. The summed E-state index contributed by atoms with van der Waals surface area (Å²) >= 11 is 0. The highest BCUT2D eigenvalue weighted by Gasteiger charge is 2.24. The maximum Gasteiger partial charge on any atom is 0.224 e. The molecule has 1 aliphatic rings. The first-order valence-corrected chi connectivity index (χ1v) is 8.89. The molecule has 5 nitrogen and oxygen atoms in total. The van der Waals surface area contributed by atoms with Crippen molar-refractivity contribution in [2.45, 2.75) is 31.7 Å². The van der Waals surface area contributed by atoms with Crippen LogP contribution in [0.5, 0.6) is 0 Å². The third-order valence-electron chi connectivity index (χ3n) is 4.64. The molecular weight excluding hydrogens is 324 g/mol. The molecule has 1 aromatic carbocycles. The van der Waals surface area contributed by atoms with Gasteiger partial charge in [-0.1, -0.05) is 30.3 Å². The number of rotatable bonds is 4. The lowest BCUT2D eigenvalue weighted by Crippen LogP contribution is -2.32. The van der Waals surface area contributed by atoms with Gasteiger partial charge in [-0.25, -0.2) is 9.97 Å². The Morgan fingerprint density at radius 1 is 1.12 bits per heavy atom. The van der Waals surface area contributed by atoms with E-state index in [1.807, 2.05) is 48.7 Å². The van der Waals surface area contributed by atoms with E-state index in [1.54, 1.807) is 12.4 Å². The molecule has 3 aromatic rings. The molecule has 0 aliphatic heterocycles. The van der Waals surface area contributed by atoms with E-state index in [4.69, 9.17) is 4.98 Å². The second kappa shape index (κ2) is 7.44. The molecule has 2 heterocycles. The Balaban J connectivity index is 1.51. The Kier molecular flexibility index (Phi) is 4.69. The normalized spacial score (nSPS) is 15.9. The van der Waals surface area contributed by atoms with Gasteiger partial charge < -0.3 is 5.32 Å².